The van der Waals surface area contributed by atoms with Crippen LogP contribution in [0, 0.1) is 5.82 Å². The number of rotatable bonds is 4. The minimum atomic E-state index is -0.193. The number of halogens is 1. The number of hydrogen-bond donors (Lipinski definition) is 2. The van der Waals surface area contributed by atoms with Crippen molar-refractivity contribution >= 4 is 0 Å². The van der Waals surface area contributed by atoms with Gasteiger partial charge in [0.1, 0.15) is 5.82 Å². The van der Waals surface area contributed by atoms with E-state index in [1.165, 1.54) is 17.7 Å². The first-order chi connectivity index (χ1) is 7.75. The van der Waals surface area contributed by atoms with Crippen LogP contribution in [-0.4, -0.2) is 4.98 Å². The fraction of sp³-hybridized carbons (Fsp3) is 0.231. The molecule has 0 aliphatic rings. The standard InChI is InChI=1S/C13H15FN2/c1-10(12-2-4-13(14)5-3-12)16-9-11-6-7-15-8-11/h2-8,10,15-16H,9H2,1H3/t10-/m1/s1. The van der Waals surface area contributed by atoms with E-state index in [9.17, 15) is 4.39 Å². The molecule has 2 aromatic rings. The summed E-state index contributed by atoms with van der Waals surface area (Å²) in [5.41, 5.74) is 2.31. The highest BCUT2D eigenvalue weighted by molar-refractivity contribution is 5.19. The van der Waals surface area contributed by atoms with Crippen molar-refractivity contribution in [2.45, 2.75) is 19.5 Å². The molecule has 0 bridgehead atoms. The maximum absolute atomic E-state index is 12.7. The van der Waals surface area contributed by atoms with Crippen LogP contribution in [-0.2, 0) is 6.54 Å². The van der Waals surface area contributed by atoms with Gasteiger partial charge >= 0.3 is 0 Å². The summed E-state index contributed by atoms with van der Waals surface area (Å²) in [7, 11) is 0. The van der Waals surface area contributed by atoms with Gasteiger partial charge in [-0.2, -0.15) is 0 Å². The summed E-state index contributed by atoms with van der Waals surface area (Å²) >= 11 is 0. The van der Waals surface area contributed by atoms with Crippen LogP contribution in [0.3, 0.4) is 0 Å². The Hall–Kier alpha value is -1.61. The molecule has 84 valence electrons. The molecule has 1 atom stereocenters. The van der Waals surface area contributed by atoms with Crippen molar-refractivity contribution in [2.75, 3.05) is 0 Å². The van der Waals surface area contributed by atoms with Crippen LogP contribution in [0.5, 0.6) is 0 Å². The highest BCUT2D eigenvalue weighted by Gasteiger charge is 2.04. The van der Waals surface area contributed by atoms with Gasteiger partial charge in [0.15, 0.2) is 0 Å². The molecule has 1 heterocycles. The van der Waals surface area contributed by atoms with Crippen LogP contribution < -0.4 is 5.32 Å². The number of nitrogens with one attached hydrogen (secondary N) is 2. The summed E-state index contributed by atoms with van der Waals surface area (Å²) in [5, 5.41) is 3.38. The molecule has 2 rings (SSSR count). The van der Waals surface area contributed by atoms with Gasteiger partial charge < -0.3 is 10.3 Å². The molecule has 0 aliphatic carbocycles. The van der Waals surface area contributed by atoms with E-state index in [1.807, 2.05) is 30.6 Å². The molecular weight excluding hydrogens is 203 g/mol. The molecule has 0 radical (unpaired) electrons. The first-order valence-corrected chi connectivity index (χ1v) is 5.36. The summed E-state index contributed by atoms with van der Waals surface area (Å²) in [6.07, 6.45) is 3.87. The Morgan fingerprint density at radius 3 is 2.62 bits per heavy atom. The van der Waals surface area contributed by atoms with Crippen molar-refractivity contribution in [3.05, 3.63) is 59.7 Å². The molecule has 0 amide bonds. The predicted molar refractivity (Wildman–Crippen MR) is 62.4 cm³/mol. The van der Waals surface area contributed by atoms with Crippen molar-refractivity contribution in [2.24, 2.45) is 0 Å². The largest absolute Gasteiger partial charge is 0.367 e. The normalized spacial score (nSPS) is 12.6. The number of aromatic amines is 1. The highest BCUT2D eigenvalue weighted by atomic mass is 19.1. The van der Waals surface area contributed by atoms with Crippen LogP contribution in [0.25, 0.3) is 0 Å². The molecular formula is C13H15FN2. The van der Waals surface area contributed by atoms with Gasteiger partial charge in [-0.05, 0) is 36.2 Å². The van der Waals surface area contributed by atoms with E-state index in [0.29, 0.717) is 0 Å². The first-order valence-electron chi connectivity index (χ1n) is 5.36. The maximum Gasteiger partial charge on any atom is 0.123 e. The van der Waals surface area contributed by atoms with E-state index >= 15 is 0 Å². The minimum absolute atomic E-state index is 0.193. The van der Waals surface area contributed by atoms with Gasteiger partial charge in [0.25, 0.3) is 0 Å². The maximum atomic E-state index is 12.7. The number of hydrogen-bond acceptors (Lipinski definition) is 1. The van der Waals surface area contributed by atoms with Crippen LogP contribution in [0.2, 0.25) is 0 Å². The predicted octanol–water partition coefficient (Wildman–Crippen LogP) is 3.00. The van der Waals surface area contributed by atoms with Gasteiger partial charge in [-0.1, -0.05) is 12.1 Å². The van der Waals surface area contributed by atoms with Gasteiger partial charge in [-0.3, -0.25) is 0 Å². The van der Waals surface area contributed by atoms with E-state index in [4.69, 9.17) is 0 Å². The Kier molecular flexibility index (Phi) is 3.37. The zero-order valence-electron chi connectivity index (χ0n) is 9.20. The fourth-order valence-corrected chi connectivity index (χ4v) is 1.61. The molecule has 16 heavy (non-hydrogen) atoms. The Morgan fingerprint density at radius 1 is 1.25 bits per heavy atom. The third-order valence-corrected chi connectivity index (χ3v) is 2.64. The third-order valence-electron chi connectivity index (χ3n) is 2.64. The fourth-order valence-electron chi connectivity index (χ4n) is 1.61. The lowest BCUT2D eigenvalue weighted by atomic mass is 10.1. The number of aromatic nitrogens is 1. The van der Waals surface area contributed by atoms with Crippen LogP contribution in [0.15, 0.2) is 42.7 Å². The van der Waals surface area contributed by atoms with E-state index in [2.05, 4.69) is 17.2 Å². The van der Waals surface area contributed by atoms with Crippen LogP contribution >= 0.6 is 0 Å². The number of H-pyrrole nitrogens is 1. The van der Waals surface area contributed by atoms with Crippen molar-refractivity contribution in [3.63, 3.8) is 0 Å². The zero-order valence-corrected chi connectivity index (χ0v) is 9.20. The topological polar surface area (TPSA) is 27.8 Å². The summed E-state index contributed by atoms with van der Waals surface area (Å²) in [6.45, 7) is 2.88. The second-order valence-corrected chi connectivity index (χ2v) is 3.87. The molecule has 0 aliphatic heterocycles. The Morgan fingerprint density at radius 2 is 2.00 bits per heavy atom. The van der Waals surface area contributed by atoms with Crippen molar-refractivity contribution in [3.8, 4) is 0 Å². The van der Waals surface area contributed by atoms with E-state index in [-0.39, 0.29) is 11.9 Å². The average molecular weight is 218 g/mol. The Bertz CT molecular complexity index is 420. The van der Waals surface area contributed by atoms with Gasteiger partial charge in [-0.15, -0.1) is 0 Å². The summed E-state index contributed by atoms with van der Waals surface area (Å²) in [6, 6.07) is 8.85. The van der Waals surface area contributed by atoms with E-state index < -0.39 is 0 Å². The van der Waals surface area contributed by atoms with E-state index in [0.717, 1.165) is 12.1 Å². The summed E-state index contributed by atoms with van der Waals surface area (Å²) in [5.74, 6) is -0.193. The van der Waals surface area contributed by atoms with Crippen molar-refractivity contribution in [1.82, 2.24) is 10.3 Å². The Labute approximate surface area is 94.5 Å². The zero-order chi connectivity index (χ0) is 11.4. The summed E-state index contributed by atoms with van der Waals surface area (Å²) in [4.78, 5) is 3.01. The molecule has 3 heteroatoms. The lowest BCUT2D eigenvalue weighted by molar-refractivity contribution is 0.571. The van der Waals surface area contributed by atoms with Crippen LogP contribution in [0.1, 0.15) is 24.1 Å². The number of benzene rings is 1. The molecule has 0 fully saturated rings. The van der Waals surface area contributed by atoms with Crippen molar-refractivity contribution < 1.29 is 4.39 Å². The van der Waals surface area contributed by atoms with Gasteiger partial charge in [0.2, 0.25) is 0 Å². The molecule has 2 N–H and O–H groups in total. The summed E-state index contributed by atoms with van der Waals surface area (Å²) < 4.78 is 12.7. The average Bonchev–Trinajstić information content (AvgIpc) is 2.80. The van der Waals surface area contributed by atoms with E-state index in [1.54, 1.807) is 0 Å². The molecule has 0 unspecified atom stereocenters. The third kappa shape index (κ3) is 2.70. The van der Waals surface area contributed by atoms with Gasteiger partial charge in [0.05, 0.1) is 0 Å². The lowest BCUT2D eigenvalue weighted by Gasteiger charge is -2.13. The SMILES string of the molecule is C[C@@H](NCc1cc[nH]c1)c1ccc(F)cc1. The molecule has 0 spiro atoms. The molecule has 0 saturated heterocycles. The molecule has 1 aromatic carbocycles. The highest BCUT2D eigenvalue weighted by Crippen LogP contribution is 2.13. The monoisotopic (exact) mass is 218 g/mol. The quantitative estimate of drug-likeness (QED) is 0.811. The Balaban J connectivity index is 1.93. The molecule has 2 nitrogen and oxygen atoms in total. The minimum Gasteiger partial charge on any atom is -0.367 e. The van der Waals surface area contributed by atoms with Gasteiger partial charge in [-0.25, -0.2) is 4.39 Å². The smallest absolute Gasteiger partial charge is 0.123 e. The molecule has 1 aromatic heterocycles. The first kappa shape index (κ1) is 10.9. The van der Waals surface area contributed by atoms with Crippen LogP contribution in [0.4, 0.5) is 4.39 Å². The lowest BCUT2D eigenvalue weighted by Crippen LogP contribution is -2.17. The second-order valence-electron chi connectivity index (χ2n) is 3.87. The molecule has 0 saturated carbocycles. The second kappa shape index (κ2) is 4.94. The van der Waals surface area contributed by atoms with Gasteiger partial charge in [0, 0.05) is 25.0 Å². The van der Waals surface area contributed by atoms with Crippen molar-refractivity contribution in [1.29, 1.82) is 0 Å².